The summed E-state index contributed by atoms with van der Waals surface area (Å²) in [6, 6.07) is 8.48. The molecule has 1 aromatic carbocycles. The third-order valence-electron chi connectivity index (χ3n) is 2.52. The molecular weight excluding hydrogens is 282 g/mol. The maximum absolute atomic E-state index is 8.60. The number of hydrogen-bond acceptors (Lipinski definition) is 3. The van der Waals surface area contributed by atoms with Gasteiger partial charge in [-0.15, -0.1) is 0 Å². The van der Waals surface area contributed by atoms with Gasteiger partial charge in [0.2, 0.25) is 0 Å². The van der Waals surface area contributed by atoms with E-state index in [-0.39, 0.29) is 5.84 Å². The Labute approximate surface area is 110 Å². The molecule has 0 aliphatic carbocycles. The minimum atomic E-state index is 0.232. The molecule has 0 saturated heterocycles. The van der Waals surface area contributed by atoms with Gasteiger partial charge in [0, 0.05) is 17.1 Å². The van der Waals surface area contributed by atoms with Gasteiger partial charge in [-0.05, 0) is 31.5 Å². The SMILES string of the molecule is CC(C)N(CC(N)=NO)Cc1ccc(Br)cc1. The second kappa shape index (κ2) is 6.61. The van der Waals surface area contributed by atoms with Gasteiger partial charge < -0.3 is 10.9 Å². The summed E-state index contributed by atoms with van der Waals surface area (Å²) < 4.78 is 1.06. The molecule has 17 heavy (non-hydrogen) atoms. The van der Waals surface area contributed by atoms with Gasteiger partial charge in [-0.2, -0.15) is 0 Å². The summed E-state index contributed by atoms with van der Waals surface area (Å²) in [6.07, 6.45) is 0. The van der Waals surface area contributed by atoms with Crippen LogP contribution in [0.25, 0.3) is 0 Å². The van der Waals surface area contributed by atoms with E-state index < -0.39 is 0 Å². The van der Waals surface area contributed by atoms with Gasteiger partial charge in [0.05, 0.1) is 6.54 Å². The maximum Gasteiger partial charge on any atom is 0.153 e. The second-order valence-electron chi connectivity index (χ2n) is 4.22. The Hall–Kier alpha value is -1.07. The summed E-state index contributed by atoms with van der Waals surface area (Å²) in [4.78, 5) is 2.14. The number of rotatable bonds is 5. The molecule has 0 radical (unpaired) electrons. The van der Waals surface area contributed by atoms with Crippen LogP contribution in [0.4, 0.5) is 0 Å². The highest BCUT2D eigenvalue weighted by Crippen LogP contribution is 2.13. The number of nitrogens with zero attached hydrogens (tertiary/aromatic N) is 2. The molecule has 0 heterocycles. The molecule has 0 saturated carbocycles. The number of halogens is 1. The zero-order valence-corrected chi connectivity index (χ0v) is 11.7. The molecule has 0 aromatic heterocycles. The van der Waals surface area contributed by atoms with E-state index in [0.29, 0.717) is 12.6 Å². The van der Waals surface area contributed by atoms with Crippen LogP contribution in [0.5, 0.6) is 0 Å². The molecule has 3 N–H and O–H groups in total. The second-order valence-corrected chi connectivity index (χ2v) is 5.13. The van der Waals surface area contributed by atoms with Gasteiger partial charge >= 0.3 is 0 Å². The molecule has 0 aliphatic heterocycles. The molecule has 1 rings (SSSR count). The molecule has 1 aromatic rings. The molecule has 0 bridgehead atoms. The summed E-state index contributed by atoms with van der Waals surface area (Å²) in [7, 11) is 0. The van der Waals surface area contributed by atoms with Crippen molar-refractivity contribution in [1.29, 1.82) is 0 Å². The van der Waals surface area contributed by atoms with Crippen LogP contribution in [0.1, 0.15) is 19.4 Å². The topological polar surface area (TPSA) is 61.8 Å². The lowest BCUT2D eigenvalue weighted by Crippen LogP contribution is -2.38. The van der Waals surface area contributed by atoms with E-state index in [1.807, 2.05) is 12.1 Å². The summed E-state index contributed by atoms with van der Waals surface area (Å²) in [5.41, 5.74) is 6.74. The molecule has 0 amide bonds. The Morgan fingerprint density at radius 2 is 2.00 bits per heavy atom. The molecule has 5 heteroatoms. The Morgan fingerprint density at radius 3 is 2.47 bits per heavy atom. The van der Waals surface area contributed by atoms with Gasteiger partial charge in [-0.25, -0.2) is 0 Å². The van der Waals surface area contributed by atoms with Gasteiger partial charge in [0.15, 0.2) is 5.84 Å². The molecule has 0 spiro atoms. The average Bonchev–Trinajstić information content (AvgIpc) is 2.30. The van der Waals surface area contributed by atoms with E-state index in [2.05, 4.69) is 52.0 Å². The number of benzene rings is 1. The Morgan fingerprint density at radius 1 is 1.41 bits per heavy atom. The van der Waals surface area contributed by atoms with Crippen LogP contribution in [0, 0.1) is 0 Å². The summed E-state index contributed by atoms with van der Waals surface area (Å²) in [6.45, 7) is 5.42. The average molecular weight is 300 g/mol. The van der Waals surface area contributed by atoms with Crippen LogP contribution >= 0.6 is 15.9 Å². The van der Waals surface area contributed by atoms with Crippen molar-refractivity contribution in [3.05, 3.63) is 34.3 Å². The Kier molecular flexibility index (Phi) is 5.44. The zero-order chi connectivity index (χ0) is 12.8. The van der Waals surface area contributed by atoms with Crippen molar-refractivity contribution >= 4 is 21.8 Å². The summed E-state index contributed by atoms with van der Waals surface area (Å²) >= 11 is 3.41. The first kappa shape index (κ1) is 14.0. The first-order valence-electron chi connectivity index (χ1n) is 5.48. The minimum absolute atomic E-state index is 0.232. The first-order chi connectivity index (χ1) is 8.02. The molecular formula is C12H18BrN3O. The van der Waals surface area contributed by atoms with Crippen LogP contribution in [0.2, 0.25) is 0 Å². The van der Waals surface area contributed by atoms with Gasteiger partial charge in [-0.3, -0.25) is 4.90 Å². The lowest BCUT2D eigenvalue weighted by atomic mass is 10.2. The standard InChI is InChI=1S/C12H18BrN3O/c1-9(2)16(8-12(14)15-17)7-10-3-5-11(13)6-4-10/h3-6,9,17H,7-8H2,1-2H3,(H2,14,15). The lowest BCUT2D eigenvalue weighted by Gasteiger charge is -2.25. The van der Waals surface area contributed by atoms with E-state index >= 15 is 0 Å². The predicted octanol–water partition coefficient (Wildman–Crippen LogP) is 2.41. The predicted molar refractivity (Wildman–Crippen MR) is 73.1 cm³/mol. The molecule has 0 atom stereocenters. The zero-order valence-electron chi connectivity index (χ0n) is 10.1. The minimum Gasteiger partial charge on any atom is -0.409 e. The van der Waals surface area contributed by atoms with Crippen molar-refractivity contribution in [3.8, 4) is 0 Å². The van der Waals surface area contributed by atoms with Crippen LogP contribution in [-0.4, -0.2) is 28.5 Å². The fourth-order valence-corrected chi connectivity index (χ4v) is 1.75. The van der Waals surface area contributed by atoms with Gasteiger partial charge in [0.1, 0.15) is 0 Å². The fourth-order valence-electron chi connectivity index (χ4n) is 1.49. The smallest absolute Gasteiger partial charge is 0.153 e. The normalized spacial score (nSPS) is 12.4. The molecule has 0 unspecified atom stereocenters. The number of hydrogen-bond donors (Lipinski definition) is 2. The summed E-state index contributed by atoms with van der Waals surface area (Å²) in [5.74, 6) is 0.232. The van der Waals surface area contributed by atoms with Crippen molar-refractivity contribution in [2.75, 3.05) is 6.54 Å². The molecule has 4 nitrogen and oxygen atoms in total. The highest BCUT2D eigenvalue weighted by Gasteiger charge is 2.11. The third-order valence-corrected chi connectivity index (χ3v) is 3.05. The van der Waals surface area contributed by atoms with E-state index in [4.69, 9.17) is 10.9 Å². The molecule has 0 fully saturated rings. The van der Waals surface area contributed by atoms with Crippen LogP contribution in [-0.2, 0) is 6.54 Å². The van der Waals surface area contributed by atoms with E-state index in [0.717, 1.165) is 11.0 Å². The van der Waals surface area contributed by atoms with E-state index in [1.165, 1.54) is 5.56 Å². The van der Waals surface area contributed by atoms with Crippen molar-refractivity contribution in [2.24, 2.45) is 10.9 Å². The van der Waals surface area contributed by atoms with Crippen LogP contribution in [0.15, 0.2) is 33.9 Å². The van der Waals surface area contributed by atoms with Crippen molar-refractivity contribution in [1.82, 2.24) is 4.90 Å². The molecule has 0 aliphatic rings. The van der Waals surface area contributed by atoms with Crippen LogP contribution < -0.4 is 5.73 Å². The lowest BCUT2D eigenvalue weighted by molar-refractivity contribution is 0.238. The Bertz CT molecular complexity index is 376. The summed E-state index contributed by atoms with van der Waals surface area (Å²) in [5, 5.41) is 11.6. The van der Waals surface area contributed by atoms with Crippen molar-refractivity contribution < 1.29 is 5.21 Å². The fraction of sp³-hybridized carbons (Fsp3) is 0.417. The van der Waals surface area contributed by atoms with E-state index in [9.17, 15) is 0 Å². The highest BCUT2D eigenvalue weighted by molar-refractivity contribution is 9.10. The van der Waals surface area contributed by atoms with Gasteiger partial charge in [-0.1, -0.05) is 33.2 Å². The van der Waals surface area contributed by atoms with Crippen molar-refractivity contribution in [2.45, 2.75) is 26.4 Å². The number of amidine groups is 1. The Balaban J connectivity index is 2.70. The first-order valence-corrected chi connectivity index (χ1v) is 6.27. The van der Waals surface area contributed by atoms with Gasteiger partial charge in [0.25, 0.3) is 0 Å². The number of nitrogens with two attached hydrogens (primary N) is 1. The third kappa shape index (κ3) is 4.75. The molecule has 94 valence electrons. The van der Waals surface area contributed by atoms with E-state index in [1.54, 1.807) is 0 Å². The highest BCUT2D eigenvalue weighted by atomic mass is 79.9. The number of oxime groups is 1. The quantitative estimate of drug-likeness (QED) is 0.380. The maximum atomic E-state index is 8.60. The van der Waals surface area contributed by atoms with Crippen LogP contribution in [0.3, 0.4) is 0 Å². The largest absolute Gasteiger partial charge is 0.409 e. The monoisotopic (exact) mass is 299 g/mol. The van der Waals surface area contributed by atoms with Crippen molar-refractivity contribution in [3.63, 3.8) is 0 Å².